The molecule has 2 atom stereocenters. The van der Waals surface area contributed by atoms with Gasteiger partial charge >= 0.3 is 0 Å². The van der Waals surface area contributed by atoms with Crippen molar-refractivity contribution in [2.45, 2.75) is 59.0 Å². The van der Waals surface area contributed by atoms with Crippen molar-refractivity contribution in [1.82, 2.24) is 0 Å². The SMILES string of the molecule is CCOc1ccc(CCCl)cc1NC(=O)c1cc(N=NC(C(C)=O)C(=O)Nc2ccc(NC(=O)C(N=Nc3ccc(Cl)c(C(=O)Nc4cc(CCCl)ccc4OCC)c3)C(C)=O)c(CCCl)c2)ccc1Cl. The predicted octanol–water partition coefficient (Wildman–Crippen LogP) is 12.0. The number of nitrogens with zero attached hydrogens (tertiary/aromatic N) is 4. The van der Waals surface area contributed by atoms with Crippen LogP contribution in [-0.4, -0.2) is 78.1 Å². The minimum Gasteiger partial charge on any atom is -0.492 e. The monoisotopic (exact) mass is 1060 g/mol. The van der Waals surface area contributed by atoms with Crippen molar-refractivity contribution >= 4 is 127 Å². The second kappa shape index (κ2) is 27.2. The Kier molecular flexibility index (Phi) is 21.3. The van der Waals surface area contributed by atoms with E-state index in [1.165, 1.54) is 68.4 Å². The van der Waals surface area contributed by atoms with Crippen LogP contribution in [0.4, 0.5) is 34.1 Å². The number of rotatable bonds is 24. The third-order valence-electron chi connectivity index (χ3n) is 10.2. The molecular weight excluding hydrogens is 1020 g/mol. The van der Waals surface area contributed by atoms with Gasteiger partial charge in [-0.1, -0.05) is 35.3 Å². The van der Waals surface area contributed by atoms with Gasteiger partial charge < -0.3 is 30.7 Å². The molecule has 0 saturated heterocycles. The molecule has 0 heterocycles. The first-order chi connectivity index (χ1) is 34.1. The molecule has 0 fully saturated rings. The van der Waals surface area contributed by atoms with E-state index in [9.17, 15) is 28.8 Å². The Labute approximate surface area is 435 Å². The van der Waals surface area contributed by atoms with Crippen LogP contribution in [0.1, 0.15) is 65.1 Å². The second-order valence-electron chi connectivity index (χ2n) is 15.4. The van der Waals surface area contributed by atoms with E-state index in [4.69, 9.17) is 67.5 Å². The summed E-state index contributed by atoms with van der Waals surface area (Å²) in [6.07, 6.45) is 1.34. The van der Waals surface area contributed by atoms with Gasteiger partial charge in [0.05, 0.1) is 57.1 Å². The molecule has 0 radical (unpaired) electrons. The largest absolute Gasteiger partial charge is 0.492 e. The molecule has 0 saturated carbocycles. The lowest BCUT2D eigenvalue weighted by molar-refractivity contribution is -0.127. The molecule has 0 aliphatic carbocycles. The molecular formula is C50H49Cl5N8O8. The number of ketones is 2. The van der Waals surface area contributed by atoms with Gasteiger partial charge in [-0.3, -0.25) is 28.8 Å². The van der Waals surface area contributed by atoms with Crippen LogP contribution in [0.3, 0.4) is 0 Å². The van der Waals surface area contributed by atoms with Crippen LogP contribution < -0.4 is 30.7 Å². The number of nitrogens with one attached hydrogen (secondary N) is 4. The van der Waals surface area contributed by atoms with Gasteiger partial charge in [-0.05, 0) is 143 Å². The van der Waals surface area contributed by atoms with Crippen LogP contribution in [0, 0.1) is 0 Å². The first kappa shape index (κ1) is 55.5. The molecule has 0 aliphatic heterocycles. The van der Waals surface area contributed by atoms with E-state index >= 15 is 0 Å². The minimum atomic E-state index is -1.61. The van der Waals surface area contributed by atoms with E-state index in [2.05, 4.69) is 41.7 Å². The quantitative estimate of drug-likeness (QED) is 0.0264. The number of aryl methyl sites for hydroxylation is 3. The third-order valence-corrected chi connectivity index (χ3v) is 11.4. The normalized spacial score (nSPS) is 12.0. The third kappa shape index (κ3) is 15.8. The first-order valence-corrected chi connectivity index (χ1v) is 24.4. The zero-order valence-electron chi connectivity index (χ0n) is 38.9. The molecule has 372 valence electrons. The van der Waals surface area contributed by atoms with E-state index in [-0.39, 0.29) is 56.2 Å². The first-order valence-electron chi connectivity index (χ1n) is 22.1. The highest BCUT2D eigenvalue weighted by Gasteiger charge is 2.26. The lowest BCUT2D eigenvalue weighted by Crippen LogP contribution is -2.32. The molecule has 5 rings (SSSR count). The van der Waals surface area contributed by atoms with E-state index in [1.807, 2.05) is 26.0 Å². The number of carbonyl (C=O) groups is 6. The summed E-state index contributed by atoms with van der Waals surface area (Å²) in [5.74, 6) is -2.30. The average molecular weight is 1070 g/mol. The van der Waals surface area contributed by atoms with Crippen LogP contribution in [-0.2, 0) is 38.4 Å². The molecule has 0 aromatic heterocycles. The maximum Gasteiger partial charge on any atom is 0.258 e. The van der Waals surface area contributed by atoms with E-state index in [0.29, 0.717) is 66.3 Å². The van der Waals surface area contributed by atoms with Crippen molar-refractivity contribution in [1.29, 1.82) is 0 Å². The number of azo groups is 2. The van der Waals surface area contributed by atoms with Gasteiger partial charge in [0.2, 0.25) is 12.1 Å². The average Bonchev–Trinajstić information content (AvgIpc) is 3.32. The number of carbonyl (C=O) groups excluding carboxylic acids is 6. The zero-order chi connectivity index (χ0) is 51.6. The number of Topliss-reactive ketones (excluding diaryl/α,β-unsaturated/α-hetero) is 2. The van der Waals surface area contributed by atoms with E-state index < -0.39 is 47.3 Å². The molecule has 21 heteroatoms. The Morgan fingerprint density at radius 1 is 0.521 bits per heavy atom. The summed E-state index contributed by atoms with van der Waals surface area (Å²) < 4.78 is 11.4. The Morgan fingerprint density at radius 2 is 0.972 bits per heavy atom. The molecule has 5 aromatic rings. The van der Waals surface area contributed by atoms with E-state index in [0.717, 1.165) is 11.1 Å². The fourth-order valence-corrected chi connectivity index (χ4v) is 7.77. The lowest BCUT2D eigenvalue weighted by atomic mass is 10.1. The summed E-state index contributed by atoms with van der Waals surface area (Å²) in [7, 11) is 0. The van der Waals surface area contributed by atoms with Gasteiger partial charge in [-0.25, -0.2) is 0 Å². The Balaban J connectivity index is 1.28. The number of benzene rings is 5. The predicted molar refractivity (Wildman–Crippen MR) is 279 cm³/mol. The van der Waals surface area contributed by atoms with Crippen molar-refractivity contribution < 1.29 is 38.2 Å². The number of hydrogen-bond donors (Lipinski definition) is 4. The molecule has 4 N–H and O–H groups in total. The standard InChI is InChI=1S/C50H49Cl5N8O8/c1-5-70-43-15-7-30(17-20-51)23-41(43)58-47(66)36-26-34(9-12-38(36)54)60-62-45(28(3)64)49(68)56-33-11-14-40(32(25-33)19-22-53)57-50(69)46(29(4)65)63-61-35-10-13-39(55)37(27-35)48(67)59-42-24-31(18-21-52)8-16-44(42)71-6-2/h7-16,23-27,45-46H,5-6,17-22H2,1-4H3,(H,56,68)(H,57,69)(H,58,66)(H,59,67). The maximum absolute atomic E-state index is 13.6. The lowest BCUT2D eigenvalue weighted by Gasteiger charge is -2.16. The van der Waals surface area contributed by atoms with Crippen molar-refractivity contribution in [3.8, 4) is 11.5 Å². The van der Waals surface area contributed by atoms with Crippen LogP contribution >= 0.6 is 58.0 Å². The van der Waals surface area contributed by atoms with Gasteiger partial charge in [0, 0.05) is 29.0 Å². The summed E-state index contributed by atoms with van der Waals surface area (Å²) in [6, 6.07) is 20.5. The molecule has 16 nitrogen and oxygen atoms in total. The van der Waals surface area contributed by atoms with Crippen molar-refractivity contribution in [2.75, 3.05) is 52.1 Å². The number of hydrogen-bond acceptors (Lipinski definition) is 12. The van der Waals surface area contributed by atoms with Crippen LogP contribution in [0.25, 0.3) is 0 Å². The second-order valence-corrected chi connectivity index (χ2v) is 17.3. The number of anilines is 4. The molecule has 2 unspecified atom stereocenters. The zero-order valence-corrected chi connectivity index (χ0v) is 42.7. The molecule has 71 heavy (non-hydrogen) atoms. The molecule has 0 aliphatic rings. The summed E-state index contributed by atoms with van der Waals surface area (Å²) in [4.78, 5) is 79.5. The fourth-order valence-electron chi connectivity index (χ4n) is 6.72. The van der Waals surface area contributed by atoms with Crippen LogP contribution in [0.2, 0.25) is 10.0 Å². The van der Waals surface area contributed by atoms with Gasteiger partial charge in [0.15, 0.2) is 11.6 Å². The van der Waals surface area contributed by atoms with Gasteiger partial charge in [-0.2, -0.15) is 20.5 Å². The highest BCUT2D eigenvalue weighted by molar-refractivity contribution is 6.35. The minimum absolute atomic E-state index is 0.0448. The summed E-state index contributed by atoms with van der Waals surface area (Å²) in [5, 5.41) is 27.4. The number of ether oxygens (including phenoxy) is 2. The number of halogens is 5. The molecule has 0 spiro atoms. The fraction of sp³-hybridized carbons (Fsp3) is 0.280. The molecule has 5 aromatic carbocycles. The van der Waals surface area contributed by atoms with Crippen LogP contribution in [0.5, 0.6) is 11.5 Å². The highest BCUT2D eigenvalue weighted by atomic mass is 35.5. The van der Waals surface area contributed by atoms with Crippen molar-refractivity contribution in [3.63, 3.8) is 0 Å². The smallest absolute Gasteiger partial charge is 0.258 e. The Morgan fingerprint density at radius 3 is 1.39 bits per heavy atom. The van der Waals surface area contributed by atoms with Crippen molar-refractivity contribution in [3.05, 3.63) is 129 Å². The maximum atomic E-state index is 13.6. The highest BCUT2D eigenvalue weighted by Crippen LogP contribution is 2.32. The topological polar surface area (TPSA) is 218 Å². The van der Waals surface area contributed by atoms with Gasteiger partial charge in [-0.15, -0.1) is 34.8 Å². The van der Waals surface area contributed by atoms with E-state index in [1.54, 1.807) is 24.3 Å². The Bertz CT molecular complexity index is 2850. The Hall–Kier alpha value is -6.43. The van der Waals surface area contributed by atoms with Crippen molar-refractivity contribution in [2.24, 2.45) is 20.5 Å². The molecule has 4 amide bonds. The summed E-state index contributed by atoms with van der Waals surface area (Å²) in [5.41, 5.74) is 3.88. The summed E-state index contributed by atoms with van der Waals surface area (Å²) in [6.45, 7) is 6.70. The molecule has 0 bridgehead atoms. The summed E-state index contributed by atoms with van der Waals surface area (Å²) >= 11 is 30.8. The number of amides is 4. The van der Waals surface area contributed by atoms with Gasteiger partial charge in [0.25, 0.3) is 23.6 Å². The van der Waals surface area contributed by atoms with Gasteiger partial charge in [0.1, 0.15) is 11.5 Å². The number of alkyl halides is 3. The van der Waals surface area contributed by atoms with Crippen LogP contribution in [0.15, 0.2) is 111 Å².